The lowest BCUT2D eigenvalue weighted by atomic mass is 9.79. The Morgan fingerprint density at radius 2 is 2.28 bits per heavy atom. The van der Waals surface area contributed by atoms with Crippen LogP contribution in [0.5, 0.6) is 0 Å². The predicted molar refractivity (Wildman–Crippen MR) is 66.7 cm³/mol. The zero-order valence-electron chi connectivity index (χ0n) is 11.1. The maximum Gasteiger partial charge on any atom is 0.334 e. The molecule has 5 atom stereocenters. The second kappa shape index (κ2) is 3.69. The third-order valence-electron chi connectivity index (χ3n) is 5.44. The summed E-state index contributed by atoms with van der Waals surface area (Å²) >= 11 is 0. The number of fused-ring (bicyclic) bond motifs is 2. The lowest BCUT2D eigenvalue weighted by molar-refractivity contribution is -0.140. The fourth-order valence-electron chi connectivity index (χ4n) is 4.25. The van der Waals surface area contributed by atoms with Crippen LogP contribution >= 0.6 is 0 Å². The maximum atomic E-state index is 11.5. The fraction of sp³-hybridized carbons (Fsp3) is 0.733. The molecule has 0 aromatic rings. The van der Waals surface area contributed by atoms with E-state index in [0.29, 0.717) is 29.2 Å². The Labute approximate surface area is 108 Å². The molecule has 1 aliphatic heterocycles. The standard InChI is InChI=1S/C15H20O3/c1-8(16)4-5-11-12-6-10-9(2)14(17)18-13(10)7-15(11,12)3/h10-13H,2,4-7H2,1,3H3/t10?,11-,12?,13?,15?/m0/s1. The summed E-state index contributed by atoms with van der Waals surface area (Å²) in [4.78, 5) is 22.6. The molecule has 2 saturated carbocycles. The third-order valence-corrected chi connectivity index (χ3v) is 5.44. The summed E-state index contributed by atoms with van der Waals surface area (Å²) in [5, 5.41) is 0. The first-order valence-electron chi connectivity index (χ1n) is 6.82. The average molecular weight is 248 g/mol. The molecule has 3 heteroatoms. The van der Waals surface area contributed by atoms with Crippen LogP contribution in [-0.2, 0) is 14.3 Å². The highest BCUT2D eigenvalue weighted by atomic mass is 16.6. The van der Waals surface area contributed by atoms with Gasteiger partial charge in [0.15, 0.2) is 0 Å². The Bertz CT molecular complexity index is 439. The van der Waals surface area contributed by atoms with Crippen LogP contribution in [0.25, 0.3) is 0 Å². The van der Waals surface area contributed by atoms with Gasteiger partial charge in [-0.25, -0.2) is 4.79 Å². The van der Waals surface area contributed by atoms with E-state index in [4.69, 9.17) is 4.74 Å². The topological polar surface area (TPSA) is 43.4 Å². The van der Waals surface area contributed by atoms with Gasteiger partial charge in [0.1, 0.15) is 11.9 Å². The van der Waals surface area contributed by atoms with Crippen molar-refractivity contribution in [3.8, 4) is 0 Å². The van der Waals surface area contributed by atoms with E-state index in [1.54, 1.807) is 6.92 Å². The summed E-state index contributed by atoms with van der Waals surface area (Å²) in [5.74, 6) is 1.61. The van der Waals surface area contributed by atoms with Crippen molar-refractivity contribution in [1.82, 2.24) is 0 Å². The number of esters is 1. The summed E-state index contributed by atoms with van der Waals surface area (Å²) in [6.45, 7) is 7.81. The van der Waals surface area contributed by atoms with Crippen molar-refractivity contribution in [3.05, 3.63) is 12.2 Å². The van der Waals surface area contributed by atoms with Gasteiger partial charge in [-0.2, -0.15) is 0 Å². The normalized spacial score (nSPS) is 45.2. The van der Waals surface area contributed by atoms with E-state index in [2.05, 4.69) is 13.5 Å². The number of rotatable bonds is 3. The first-order chi connectivity index (χ1) is 8.43. The van der Waals surface area contributed by atoms with Crippen LogP contribution in [0.15, 0.2) is 12.2 Å². The van der Waals surface area contributed by atoms with Crippen molar-refractivity contribution in [1.29, 1.82) is 0 Å². The van der Waals surface area contributed by atoms with Crippen LogP contribution in [0.4, 0.5) is 0 Å². The van der Waals surface area contributed by atoms with Crippen LogP contribution in [0.2, 0.25) is 0 Å². The van der Waals surface area contributed by atoms with E-state index in [1.807, 2.05) is 0 Å². The zero-order valence-corrected chi connectivity index (χ0v) is 11.1. The molecule has 0 amide bonds. The molecule has 1 heterocycles. The number of carbonyl (C=O) groups is 2. The molecule has 3 nitrogen and oxygen atoms in total. The van der Waals surface area contributed by atoms with E-state index < -0.39 is 0 Å². The minimum Gasteiger partial charge on any atom is -0.458 e. The first kappa shape index (κ1) is 11.9. The molecule has 1 saturated heterocycles. The number of ketones is 1. The Balaban J connectivity index is 1.69. The number of Topliss-reactive ketones (excluding diaryl/α,β-unsaturated/α-hetero) is 1. The number of ether oxygens (including phenoxy) is 1. The SMILES string of the molecule is C=C1C(=O)OC2CC3(C)C(CC12)[C@@H]3CCC(C)=O. The second-order valence-corrected chi connectivity index (χ2v) is 6.47. The minimum absolute atomic E-state index is 0.0496. The highest BCUT2D eigenvalue weighted by molar-refractivity contribution is 5.90. The average Bonchev–Trinajstić information content (AvgIpc) is 2.77. The quantitative estimate of drug-likeness (QED) is 0.569. The first-order valence-corrected chi connectivity index (χ1v) is 6.82. The largest absolute Gasteiger partial charge is 0.458 e. The molecule has 0 bridgehead atoms. The van der Waals surface area contributed by atoms with Gasteiger partial charge < -0.3 is 9.53 Å². The minimum atomic E-state index is -0.199. The highest BCUT2D eigenvalue weighted by Gasteiger charge is 2.66. The van der Waals surface area contributed by atoms with E-state index >= 15 is 0 Å². The smallest absolute Gasteiger partial charge is 0.334 e. The van der Waals surface area contributed by atoms with Crippen LogP contribution in [-0.4, -0.2) is 17.9 Å². The molecule has 0 N–H and O–H groups in total. The molecular formula is C15H20O3. The van der Waals surface area contributed by atoms with Crippen LogP contribution in [0, 0.1) is 23.2 Å². The summed E-state index contributed by atoms with van der Waals surface area (Å²) in [6, 6.07) is 0. The summed E-state index contributed by atoms with van der Waals surface area (Å²) in [6.07, 6.45) is 3.71. The van der Waals surface area contributed by atoms with E-state index in [-0.39, 0.29) is 23.8 Å². The highest BCUT2D eigenvalue weighted by Crippen LogP contribution is 2.70. The van der Waals surface area contributed by atoms with E-state index in [1.165, 1.54) is 0 Å². The van der Waals surface area contributed by atoms with E-state index in [0.717, 1.165) is 19.3 Å². The number of hydrogen-bond donors (Lipinski definition) is 0. The van der Waals surface area contributed by atoms with Crippen molar-refractivity contribution in [2.75, 3.05) is 0 Å². The lowest BCUT2D eigenvalue weighted by Crippen LogP contribution is -2.26. The molecule has 2 aliphatic carbocycles. The molecule has 3 aliphatic rings. The molecule has 4 unspecified atom stereocenters. The molecule has 0 aromatic heterocycles. The van der Waals surface area contributed by atoms with Crippen LogP contribution < -0.4 is 0 Å². The maximum absolute atomic E-state index is 11.5. The van der Waals surface area contributed by atoms with Crippen molar-refractivity contribution < 1.29 is 14.3 Å². The Morgan fingerprint density at radius 1 is 1.56 bits per heavy atom. The van der Waals surface area contributed by atoms with Gasteiger partial charge in [-0.1, -0.05) is 13.5 Å². The summed E-state index contributed by atoms with van der Waals surface area (Å²) in [7, 11) is 0. The molecular weight excluding hydrogens is 228 g/mol. The molecule has 0 radical (unpaired) electrons. The van der Waals surface area contributed by atoms with Crippen molar-refractivity contribution in [2.45, 2.75) is 45.6 Å². The van der Waals surface area contributed by atoms with Crippen LogP contribution in [0.1, 0.15) is 39.5 Å². The summed E-state index contributed by atoms with van der Waals surface area (Å²) in [5.41, 5.74) is 0.959. The molecule has 0 aromatic carbocycles. The van der Waals surface area contributed by atoms with Gasteiger partial charge in [-0.05, 0) is 43.4 Å². The van der Waals surface area contributed by atoms with Gasteiger partial charge in [0, 0.05) is 17.9 Å². The monoisotopic (exact) mass is 248 g/mol. The van der Waals surface area contributed by atoms with Gasteiger partial charge in [-0.15, -0.1) is 0 Å². The van der Waals surface area contributed by atoms with Crippen LogP contribution in [0.3, 0.4) is 0 Å². The second-order valence-electron chi connectivity index (χ2n) is 6.47. The Hall–Kier alpha value is -1.12. The van der Waals surface area contributed by atoms with Gasteiger partial charge in [-0.3, -0.25) is 0 Å². The van der Waals surface area contributed by atoms with Gasteiger partial charge in [0.05, 0.1) is 0 Å². The molecule has 3 rings (SSSR count). The fourth-order valence-corrected chi connectivity index (χ4v) is 4.25. The summed E-state index contributed by atoms with van der Waals surface area (Å²) < 4.78 is 5.41. The van der Waals surface area contributed by atoms with Gasteiger partial charge in [0.25, 0.3) is 0 Å². The number of carbonyl (C=O) groups excluding carboxylic acids is 2. The number of hydrogen-bond acceptors (Lipinski definition) is 3. The Kier molecular flexibility index (Phi) is 2.45. The zero-order chi connectivity index (χ0) is 13.1. The van der Waals surface area contributed by atoms with E-state index in [9.17, 15) is 9.59 Å². The predicted octanol–water partition coefficient (Wildman–Crippen LogP) is 2.50. The van der Waals surface area contributed by atoms with Crippen molar-refractivity contribution in [3.63, 3.8) is 0 Å². The molecule has 18 heavy (non-hydrogen) atoms. The lowest BCUT2D eigenvalue weighted by Gasteiger charge is -2.27. The molecule has 3 fully saturated rings. The Morgan fingerprint density at radius 3 is 2.94 bits per heavy atom. The van der Waals surface area contributed by atoms with Crippen molar-refractivity contribution in [2.24, 2.45) is 23.2 Å². The van der Waals surface area contributed by atoms with Gasteiger partial charge >= 0.3 is 5.97 Å². The third kappa shape index (κ3) is 1.56. The van der Waals surface area contributed by atoms with Gasteiger partial charge in [0.2, 0.25) is 0 Å². The molecule has 98 valence electrons. The van der Waals surface area contributed by atoms with Crippen molar-refractivity contribution >= 4 is 11.8 Å². The molecule has 0 spiro atoms.